The Morgan fingerprint density at radius 2 is 2.13 bits per heavy atom. The Hall–Kier alpha value is -1.59. The molecule has 0 spiro atoms. The highest BCUT2D eigenvalue weighted by Gasteiger charge is 2.31. The van der Waals surface area contributed by atoms with Crippen LogP contribution in [0.4, 0.5) is 13.2 Å². The van der Waals surface area contributed by atoms with E-state index < -0.39 is 23.6 Å². The van der Waals surface area contributed by atoms with Gasteiger partial charge in [-0.15, -0.1) is 0 Å². The Balaban J connectivity index is 3.08. The van der Waals surface area contributed by atoms with Crippen molar-refractivity contribution in [1.82, 2.24) is 4.98 Å². The molecule has 3 nitrogen and oxygen atoms in total. The minimum atomic E-state index is -4.48. The second-order valence-electron chi connectivity index (χ2n) is 3.03. The molecule has 1 aromatic rings. The molecule has 0 aliphatic carbocycles. The van der Waals surface area contributed by atoms with Gasteiger partial charge in [-0.1, -0.05) is 0 Å². The third-order valence-electron chi connectivity index (χ3n) is 1.92. The van der Waals surface area contributed by atoms with Gasteiger partial charge in [-0.25, -0.2) is 0 Å². The number of nitrogens with zero attached hydrogens (tertiary/aromatic N) is 1. The van der Waals surface area contributed by atoms with Crippen molar-refractivity contribution >= 4 is 5.97 Å². The first-order valence-electron chi connectivity index (χ1n) is 4.08. The molecule has 0 aromatic carbocycles. The molecule has 15 heavy (non-hydrogen) atoms. The van der Waals surface area contributed by atoms with Gasteiger partial charge in [-0.3, -0.25) is 9.78 Å². The zero-order valence-corrected chi connectivity index (χ0v) is 7.75. The lowest BCUT2D eigenvalue weighted by molar-refractivity contribution is -0.140. The lowest BCUT2D eigenvalue weighted by Crippen LogP contribution is -2.12. The number of halogens is 3. The second kappa shape index (κ2) is 3.88. The van der Waals surface area contributed by atoms with Crippen molar-refractivity contribution in [2.45, 2.75) is 19.0 Å². The zero-order valence-electron chi connectivity index (χ0n) is 7.75. The molecule has 0 aliphatic heterocycles. The Morgan fingerprint density at radius 3 is 2.60 bits per heavy atom. The standard InChI is InChI=1S/C9H8F3NO2/c1-5(8(14)15)7-4-6(2-3-13-7)9(10,11)12/h2-5H,1H3,(H,14,15)/t5-/m0/s1. The fourth-order valence-electron chi connectivity index (χ4n) is 0.988. The Labute approximate surface area is 83.6 Å². The molecule has 1 rings (SSSR count). The number of pyridine rings is 1. The molecule has 0 saturated carbocycles. The highest BCUT2D eigenvalue weighted by atomic mass is 19.4. The van der Waals surface area contributed by atoms with Crippen molar-refractivity contribution in [1.29, 1.82) is 0 Å². The normalized spacial score (nSPS) is 13.6. The van der Waals surface area contributed by atoms with Crippen molar-refractivity contribution in [3.8, 4) is 0 Å². The number of hydrogen-bond donors (Lipinski definition) is 1. The molecule has 0 amide bonds. The number of aromatic nitrogens is 1. The fourth-order valence-corrected chi connectivity index (χ4v) is 0.988. The molecule has 6 heteroatoms. The smallest absolute Gasteiger partial charge is 0.416 e. The van der Waals surface area contributed by atoms with Gasteiger partial charge in [0.05, 0.1) is 17.2 Å². The maximum Gasteiger partial charge on any atom is 0.416 e. The van der Waals surface area contributed by atoms with Gasteiger partial charge in [0.15, 0.2) is 0 Å². The summed E-state index contributed by atoms with van der Waals surface area (Å²) in [7, 11) is 0. The van der Waals surface area contributed by atoms with E-state index in [1.807, 2.05) is 0 Å². The van der Waals surface area contributed by atoms with Crippen LogP contribution in [0.15, 0.2) is 18.3 Å². The molecular formula is C9H8F3NO2. The van der Waals surface area contributed by atoms with Gasteiger partial charge < -0.3 is 5.11 Å². The Kier molecular flexibility index (Phi) is 2.97. The number of carboxylic acids is 1. The van der Waals surface area contributed by atoms with Crippen LogP contribution < -0.4 is 0 Å². The van der Waals surface area contributed by atoms with Crippen LogP contribution in [0.2, 0.25) is 0 Å². The molecule has 1 atom stereocenters. The molecule has 82 valence electrons. The molecule has 0 radical (unpaired) electrons. The van der Waals surface area contributed by atoms with Gasteiger partial charge in [-0.2, -0.15) is 13.2 Å². The van der Waals surface area contributed by atoms with E-state index in [1.54, 1.807) is 0 Å². The van der Waals surface area contributed by atoms with Gasteiger partial charge in [0, 0.05) is 6.20 Å². The number of alkyl halides is 3. The van der Waals surface area contributed by atoms with Crippen molar-refractivity contribution < 1.29 is 23.1 Å². The molecule has 1 aromatic heterocycles. The number of carbonyl (C=O) groups is 1. The first kappa shape index (κ1) is 11.5. The molecule has 0 aliphatic rings. The van der Waals surface area contributed by atoms with Crippen molar-refractivity contribution in [2.24, 2.45) is 0 Å². The minimum absolute atomic E-state index is 0.0997. The van der Waals surface area contributed by atoms with Crippen LogP contribution in [0.5, 0.6) is 0 Å². The van der Waals surface area contributed by atoms with Gasteiger partial charge in [0.25, 0.3) is 0 Å². The van der Waals surface area contributed by atoms with Crippen LogP contribution in [0.1, 0.15) is 24.1 Å². The van der Waals surface area contributed by atoms with E-state index in [4.69, 9.17) is 5.11 Å². The van der Waals surface area contributed by atoms with E-state index in [0.29, 0.717) is 0 Å². The largest absolute Gasteiger partial charge is 0.481 e. The summed E-state index contributed by atoms with van der Waals surface area (Å²) in [6, 6.07) is 1.55. The highest BCUT2D eigenvalue weighted by Crippen LogP contribution is 2.30. The second-order valence-corrected chi connectivity index (χ2v) is 3.03. The van der Waals surface area contributed by atoms with E-state index in [2.05, 4.69) is 4.98 Å². The highest BCUT2D eigenvalue weighted by molar-refractivity contribution is 5.74. The monoisotopic (exact) mass is 219 g/mol. The van der Waals surface area contributed by atoms with Crippen LogP contribution in [-0.4, -0.2) is 16.1 Å². The Bertz CT molecular complexity index is 376. The number of hydrogen-bond acceptors (Lipinski definition) is 2. The first-order valence-corrected chi connectivity index (χ1v) is 4.08. The average molecular weight is 219 g/mol. The van der Waals surface area contributed by atoms with Crippen LogP contribution in [0, 0.1) is 0 Å². The number of carboxylic acid groups (broad SMARTS) is 1. The predicted molar refractivity (Wildman–Crippen MR) is 45.3 cm³/mol. The molecule has 1 N–H and O–H groups in total. The van der Waals surface area contributed by atoms with Crippen molar-refractivity contribution in [3.05, 3.63) is 29.6 Å². The lowest BCUT2D eigenvalue weighted by Gasteiger charge is -2.09. The lowest BCUT2D eigenvalue weighted by atomic mass is 10.1. The summed E-state index contributed by atoms with van der Waals surface area (Å²) in [5.74, 6) is -2.26. The minimum Gasteiger partial charge on any atom is -0.481 e. The van der Waals surface area contributed by atoms with Gasteiger partial charge >= 0.3 is 12.1 Å². The topological polar surface area (TPSA) is 50.2 Å². The maximum atomic E-state index is 12.3. The number of rotatable bonds is 2. The predicted octanol–water partition coefficient (Wildman–Crippen LogP) is 2.29. The SMILES string of the molecule is C[C@H](C(=O)O)c1cc(C(F)(F)F)ccn1. The first-order chi connectivity index (χ1) is 6.82. The third-order valence-corrected chi connectivity index (χ3v) is 1.92. The van der Waals surface area contributed by atoms with Gasteiger partial charge in [-0.05, 0) is 19.1 Å². The molecule has 0 saturated heterocycles. The van der Waals surface area contributed by atoms with Crippen LogP contribution in [-0.2, 0) is 11.0 Å². The summed E-state index contributed by atoms with van der Waals surface area (Å²) in [5.41, 5.74) is -0.988. The zero-order chi connectivity index (χ0) is 11.6. The third kappa shape index (κ3) is 2.68. The van der Waals surface area contributed by atoms with Crippen molar-refractivity contribution in [2.75, 3.05) is 0 Å². The average Bonchev–Trinajstić information content (AvgIpc) is 2.15. The fraction of sp³-hybridized carbons (Fsp3) is 0.333. The van der Waals surface area contributed by atoms with Gasteiger partial charge in [0.2, 0.25) is 0 Å². The Morgan fingerprint density at radius 1 is 1.53 bits per heavy atom. The quantitative estimate of drug-likeness (QED) is 0.830. The van der Waals surface area contributed by atoms with E-state index in [0.717, 1.165) is 18.3 Å². The van der Waals surface area contributed by atoms with Gasteiger partial charge in [0.1, 0.15) is 0 Å². The van der Waals surface area contributed by atoms with Crippen LogP contribution >= 0.6 is 0 Å². The molecule has 0 bridgehead atoms. The van der Waals surface area contributed by atoms with E-state index in [9.17, 15) is 18.0 Å². The maximum absolute atomic E-state index is 12.3. The van der Waals surface area contributed by atoms with Crippen LogP contribution in [0.3, 0.4) is 0 Å². The summed E-state index contributed by atoms with van der Waals surface area (Å²) < 4.78 is 36.8. The molecule has 0 unspecified atom stereocenters. The summed E-state index contributed by atoms with van der Waals surface area (Å²) in [6.45, 7) is 1.28. The van der Waals surface area contributed by atoms with Crippen molar-refractivity contribution in [3.63, 3.8) is 0 Å². The molecule has 0 fully saturated rings. The summed E-state index contributed by atoms with van der Waals surface area (Å²) in [5, 5.41) is 8.61. The van der Waals surface area contributed by atoms with E-state index in [1.165, 1.54) is 6.92 Å². The van der Waals surface area contributed by atoms with Crippen LogP contribution in [0.25, 0.3) is 0 Å². The number of aliphatic carboxylic acids is 1. The van der Waals surface area contributed by atoms with E-state index >= 15 is 0 Å². The summed E-state index contributed by atoms with van der Waals surface area (Å²) in [6.07, 6.45) is -3.52. The summed E-state index contributed by atoms with van der Waals surface area (Å²) in [4.78, 5) is 14.1. The molecule has 1 heterocycles. The summed E-state index contributed by atoms with van der Waals surface area (Å²) >= 11 is 0. The molecular weight excluding hydrogens is 211 g/mol. The van der Waals surface area contributed by atoms with E-state index in [-0.39, 0.29) is 5.69 Å².